The van der Waals surface area contributed by atoms with E-state index in [0.717, 1.165) is 6.26 Å². The first-order chi connectivity index (χ1) is 13.9. The second-order valence-corrected chi connectivity index (χ2v) is 9.84. The molecule has 1 aromatic rings. The quantitative estimate of drug-likeness (QED) is 0.460. The summed E-state index contributed by atoms with van der Waals surface area (Å²) in [6.07, 6.45) is -2.29. The van der Waals surface area contributed by atoms with Crippen molar-refractivity contribution in [2.24, 2.45) is 0 Å². The normalized spacial score (nSPS) is 28.9. The van der Waals surface area contributed by atoms with Crippen molar-refractivity contribution in [1.29, 1.82) is 0 Å². The smallest absolute Gasteiger partial charge is 0.338 e. The molecule has 0 saturated carbocycles. The van der Waals surface area contributed by atoms with Crippen molar-refractivity contribution < 1.29 is 41.1 Å². The summed E-state index contributed by atoms with van der Waals surface area (Å²) in [6, 6.07) is 8.37. The first-order valence-corrected chi connectivity index (χ1v) is 11.4. The molecule has 2 saturated heterocycles. The topological polar surface area (TPSA) is 107 Å². The van der Waals surface area contributed by atoms with Gasteiger partial charge in [-0.05, 0) is 39.8 Å². The van der Waals surface area contributed by atoms with Crippen LogP contribution >= 0.6 is 0 Å². The Kier molecular flexibility index (Phi) is 6.57. The summed E-state index contributed by atoms with van der Waals surface area (Å²) >= 11 is 0. The van der Waals surface area contributed by atoms with Crippen molar-refractivity contribution in [3.05, 3.63) is 35.9 Å². The fourth-order valence-corrected chi connectivity index (χ4v) is 4.10. The lowest BCUT2D eigenvalue weighted by molar-refractivity contribution is -0.175. The van der Waals surface area contributed by atoms with E-state index in [1.54, 1.807) is 58.0 Å². The lowest BCUT2D eigenvalue weighted by atomic mass is 10.0. The summed E-state index contributed by atoms with van der Waals surface area (Å²) in [5.41, 5.74) is 0.338. The van der Waals surface area contributed by atoms with E-state index < -0.39 is 52.1 Å². The molecule has 9 nitrogen and oxygen atoms in total. The minimum absolute atomic E-state index is 0.239. The van der Waals surface area contributed by atoms with Gasteiger partial charge in [0, 0.05) is 0 Å². The summed E-state index contributed by atoms with van der Waals surface area (Å²) in [4.78, 5) is 12.3. The van der Waals surface area contributed by atoms with Crippen molar-refractivity contribution in [3.8, 4) is 0 Å². The van der Waals surface area contributed by atoms with Crippen molar-refractivity contribution >= 4 is 16.1 Å². The Morgan fingerprint density at radius 3 is 2.33 bits per heavy atom. The molecule has 30 heavy (non-hydrogen) atoms. The minimum Gasteiger partial charge on any atom is -0.459 e. The van der Waals surface area contributed by atoms with E-state index in [0.29, 0.717) is 5.56 Å². The van der Waals surface area contributed by atoms with Crippen LogP contribution in [0.5, 0.6) is 0 Å². The zero-order valence-electron chi connectivity index (χ0n) is 17.7. The third-order valence-corrected chi connectivity index (χ3v) is 5.21. The summed E-state index contributed by atoms with van der Waals surface area (Å²) in [5.74, 6) is -2.43. The molecule has 0 bridgehead atoms. The number of carbonyl (C=O) groups is 1. The van der Waals surface area contributed by atoms with E-state index in [1.807, 2.05) is 0 Å². The molecule has 0 spiro atoms. The largest absolute Gasteiger partial charge is 0.459 e. The van der Waals surface area contributed by atoms with Gasteiger partial charge in [-0.15, -0.1) is 0 Å². The maximum absolute atomic E-state index is 12.3. The van der Waals surface area contributed by atoms with Crippen LogP contribution in [0, 0.1) is 0 Å². The van der Waals surface area contributed by atoms with Crippen molar-refractivity contribution in [2.45, 2.75) is 63.7 Å². The van der Waals surface area contributed by atoms with Crippen molar-refractivity contribution in [2.75, 3.05) is 19.5 Å². The maximum Gasteiger partial charge on any atom is 0.338 e. The van der Waals surface area contributed by atoms with Gasteiger partial charge in [0.1, 0.15) is 31.0 Å². The van der Waals surface area contributed by atoms with E-state index in [2.05, 4.69) is 0 Å². The zero-order chi connectivity index (χ0) is 22.2. The van der Waals surface area contributed by atoms with Gasteiger partial charge in [-0.2, -0.15) is 8.42 Å². The summed E-state index contributed by atoms with van der Waals surface area (Å²) in [7, 11) is -3.88. The monoisotopic (exact) mass is 444 g/mol. The Balaban J connectivity index is 1.79. The van der Waals surface area contributed by atoms with Gasteiger partial charge in [0.25, 0.3) is 10.1 Å². The molecule has 1 aromatic carbocycles. The maximum atomic E-state index is 12.3. The molecule has 0 radical (unpaired) electrons. The average molecular weight is 445 g/mol. The van der Waals surface area contributed by atoms with Crippen LogP contribution in [0.25, 0.3) is 0 Å². The zero-order valence-corrected chi connectivity index (χ0v) is 18.5. The Morgan fingerprint density at radius 2 is 1.77 bits per heavy atom. The second-order valence-electron chi connectivity index (χ2n) is 8.24. The summed E-state index contributed by atoms with van der Waals surface area (Å²) < 4.78 is 57.8. The van der Waals surface area contributed by atoms with Crippen LogP contribution in [0.15, 0.2) is 30.3 Å². The van der Waals surface area contributed by atoms with Gasteiger partial charge in [0.15, 0.2) is 11.6 Å². The van der Waals surface area contributed by atoms with Crippen LogP contribution in [0.2, 0.25) is 0 Å². The van der Waals surface area contributed by atoms with Gasteiger partial charge in [-0.3, -0.25) is 4.18 Å². The number of hydrogen-bond donors (Lipinski definition) is 0. The third kappa shape index (κ3) is 5.99. The van der Waals surface area contributed by atoms with Crippen LogP contribution in [-0.4, -0.2) is 69.8 Å². The summed E-state index contributed by atoms with van der Waals surface area (Å²) in [5, 5.41) is 0. The Labute approximate surface area is 176 Å². The second kappa shape index (κ2) is 8.52. The van der Waals surface area contributed by atoms with Gasteiger partial charge in [0.2, 0.25) is 0 Å². The molecule has 0 amide bonds. The molecule has 0 unspecified atom stereocenters. The molecule has 2 heterocycles. The summed E-state index contributed by atoms with van der Waals surface area (Å²) in [6.45, 7) is 6.84. The van der Waals surface area contributed by atoms with Crippen LogP contribution < -0.4 is 0 Å². The molecule has 2 aliphatic heterocycles. The molecule has 0 aliphatic carbocycles. The highest BCUT2D eigenvalue weighted by molar-refractivity contribution is 7.86. The number of rotatable bonds is 7. The van der Waals surface area contributed by atoms with Gasteiger partial charge < -0.3 is 23.7 Å². The first kappa shape index (κ1) is 23.1. The predicted octanol–water partition coefficient (Wildman–Crippen LogP) is 1.86. The first-order valence-electron chi connectivity index (χ1n) is 9.63. The van der Waals surface area contributed by atoms with Gasteiger partial charge in [0.05, 0.1) is 18.4 Å². The van der Waals surface area contributed by atoms with Crippen LogP contribution in [-0.2, 0) is 38.0 Å². The SMILES string of the molecule is CC1(C)O[C@H]([C@H]2COC(C)(C)O2)[C@@H]([C@@H](COC(=O)c2ccccc2)OS(C)(=O)=O)O1. The number of benzene rings is 1. The van der Waals surface area contributed by atoms with E-state index in [1.165, 1.54) is 0 Å². The van der Waals surface area contributed by atoms with E-state index >= 15 is 0 Å². The highest BCUT2D eigenvalue weighted by atomic mass is 32.2. The van der Waals surface area contributed by atoms with Crippen molar-refractivity contribution in [3.63, 3.8) is 0 Å². The van der Waals surface area contributed by atoms with Crippen LogP contribution in [0.3, 0.4) is 0 Å². The molecule has 0 aromatic heterocycles. The minimum atomic E-state index is -3.88. The highest BCUT2D eigenvalue weighted by Crippen LogP contribution is 2.37. The van der Waals surface area contributed by atoms with Gasteiger partial charge in [-0.1, -0.05) is 18.2 Å². The molecule has 10 heteroatoms. The fourth-order valence-electron chi connectivity index (χ4n) is 3.49. The van der Waals surface area contributed by atoms with E-state index in [9.17, 15) is 13.2 Å². The molecule has 0 N–H and O–H groups in total. The Morgan fingerprint density at radius 1 is 1.10 bits per heavy atom. The Bertz CT molecular complexity index is 850. The van der Waals surface area contributed by atoms with E-state index in [-0.39, 0.29) is 13.2 Å². The molecule has 3 rings (SSSR count). The lowest BCUT2D eigenvalue weighted by Crippen LogP contribution is -2.47. The molecular weight excluding hydrogens is 416 g/mol. The molecule has 2 aliphatic rings. The highest BCUT2D eigenvalue weighted by Gasteiger charge is 2.53. The molecule has 2 fully saturated rings. The lowest BCUT2D eigenvalue weighted by Gasteiger charge is -2.28. The van der Waals surface area contributed by atoms with Crippen LogP contribution in [0.1, 0.15) is 38.1 Å². The molecule has 168 valence electrons. The molecular formula is C20H28O9S. The number of esters is 1. The van der Waals surface area contributed by atoms with E-state index in [4.69, 9.17) is 27.9 Å². The number of ether oxygens (including phenoxy) is 5. The standard InChI is InChI=1S/C20H28O9S/c1-19(2)25-12-14(26-19)16-17(28-20(3,4)27-16)15(29-30(5,22)23)11-24-18(21)13-9-7-6-8-10-13/h6-10,14-17H,11-12H2,1-5H3/t14-,15-,16-,17-/m1/s1. The fraction of sp³-hybridized carbons (Fsp3) is 0.650. The number of carbonyl (C=O) groups excluding carboxylic acids is 1. The third-order valence-electron chi connectivity index (χ3n) is 4.61. The predicted molar refractivity (Wildman–Crippen MR) is 105 cm³/mol. The Hall–Kier alpha value is -1.56. The van der Waals surface area contributed by atoms with Gasteiger partial charge >= 0.3 is 5.97 Å². The number of hydrogen-bond acceptors (Lipinski definition) is 9. The van der Waals surface area contributed by atoms with Gasteiger partial charge in [-0.25, -0.2) is 4.79 Å². The van der Waals surface area contributed by atoms with Crippen molar-refractivity contribution in [1.82, 2.24) is 0 Å². The van der Waals surface area contributed by atoms with Crippen LogP contribution in [0.4, 0.5) is 0 Å². The molecule has 4 atom stereocenters. The average Bonchev–Trinajstić information content (AvgIpc) is 3.16.